The number of aryl methyl sites for hydroxylation is 1. The molecule has 5 rings (SSSR count). The van der Waals surface area contributed by atoms with Crippen LogP contribution in [0.1, 0.15) is 35.8 Å². The van der Waals surface area contributed by atoms with E-state index in [1.54, 1.807) is 6.07 Å². The highest BCUT2D eigenvalue weighted by atomic mass is 32.1. The molecule has 1 amide bonds. The molecule has 2 aliphatic heterocycles. The summed E-state index contributed by atoms with van der Waals surface area (Å²) in [6.07, 6.45) is -1.58. The summed E-state index contributed by atoms with van der Waals surface area (Å²) < 4.78 is 38.7. The van der Waals surface area contributed by atoms with E-state index in [4.69, 9.17) is 0 Å². The first-order valence-electron chi connectivity index (χ1n) is 11.7. The molecule has 1 N–H and O–H groups in total. The predicted octanol–water partition coefficient (Wildman–Crippen LogP) is 5.17. The van der Waals surface area contributed by atoms with E-state index in [-0.39, 0.29) is 16.2 Å². The third-order valence-corrected chi connectivity index (χ3v) is 8.09. The van der Waals surface area contributed by atoms with E-state index in [9.17, 15) is 18.0 Å². The van der Waals surface area contributed by atoms with Gasteiger partial charge in [-0.1, -0.05) is 6.07 Å². The third kappa shape index (κ3) is 5.28. The number of hydrogen-bond donors (Lipinski definition) is 1. The van der Waals surface area contributed by atoms with Crippen LogP contribution < -0.4 is 10.2 Å². The standard InChI is InChI=1S/C25H28F3N5OS/c1-16-9-19(31-17(2)34)4-3-18(16)12-32-7-5-24(13-32)6-8-33(14-24)22-21-10-20(11-25(26,27)28)35-23(21)30-15-29-22/h3-4,9-10,15H,5-8,11-14H2,1-2H3,(H,31,34). The summed E-state index contributed by atoms with van der Waals surface area (Å²) in [5.41, 5.74) is 3.37. The van der Waals surface area contributed by atoms with Gasteiger partial charge in [-0.05, 0) is 55.6 Å². The molecular formula is C25H28F3N5OS. The van der Waals surface area contributed by atoms with Crippen LogP contribution in [-0.4, -0.2) is 53.1 Å². The molecule has 0 saturated carbocycles. The lowest BCUT2D eigenvalue weighted by molar-refractivity contribution is -0.126. The van der Waals surface area contributed by atoms with Crippen molar-refractivity contribution in [3.8, 4) is 0 Å². The molecule has 4 heterocycles. The van der Waals surface area contributed by atoms with Gasteiger partial charge in [0.05, 0.1) is 11.8 Å². The zero-order valence-corrected chi connectivity index (χ0v) is 20.6. The highest BCUT2D eigenvalue weighted by Crippen LogP contribution is 2.43. The van der Waals surface area contributed by atoms with Gasteiger partial charge in [0.25, 0.3) is 0 Å². The maximum atomic E-state index is 12.9. The first-order valence-corrected chi connectivity index (χ1v) is 12.6. The lowest BCUT2D eigenvalue weighted by Crippen LogP contribution is -2.31. The van der Waals surface area contributed by atoms with E-state index < -0.39 is 12.6 Å². The van der Waals surface area contributed by atoms with Gasteiger partial charge in [-0.15, -0.1) is 11.3 Å². The molecule has 2 fully saturated rings. The largest absolute Gasteiger partial charge is 0.393 e. The Bertz CT molecular complexity index is 1260. The molecule has 0 bridgehead atoms. The fraction of sp³-hybridized carbons (Fsp3) is 0.480. The summed E-state index contributed by atoms with van der Waals surface area (Å²) in [5, 5.41) is 3.55. The molecule has 6 nitrogen and oxygen atoms in total. The number of likely N-dealkylation sites (tertiary alicyclic amines) is 1. The molecule has 1 unspecified atom stereocenters. The number of alkyl halides is 3. The van der Waals surface area contributed by atoms with Crippen molar-refractivity contribution in [3.05, 3.63) is 46.6 Å². The highest BCUT2D eigenvalue weighted by molar-refractivity contribution is 7.18. The molecule has 3 aromatic rings. The normalized spacial score (nSPS) is 20.9. The Hall–Kier alpha value is -2.72. The van der Waals surface area contributed by atoms with Crippen LogP contribution in [0.15, 0.2) is 30.6 Å². The molecule has 2 aliphatic rings. The van der Waals surface area contributed by atoms with Crippen LogP contribution in [-0.2, 0) is 17.8 Å². The average molecular weight is 504 g/mol. The average Bonchev–Trinajstić information content (AvgIpc) is 3.47. The molecule has 1 spiro atoms. The summed E-state index contributed by atoms with van der Waals surface area (Å²) in [7, 11) is 0. The van der Waals surface area contributed by atoms with E-state index >= 15 is 0 Å². The fourth-order valence-corrected chi connectivity index (χ4v) is 6.46. The lowest BCUT2D eigenvalue weighted by atomic mass is 9.86. The van der Waals surface area contributed by atoms with Gasteiger partial charge < -0.3 is 10.2 Å². The molecule has 1 aromatic carbocycles. The minimum atomic E-state index is -4.23. The molecule has 35 heavy (non-hydrogen) atoms. The van der Waals surface area contributed by atoms with Gasteiger partial charge >= 0.3 is 6.18 Å². The molecule has 2 aromatic heterocycles. The Morgan fingerprint density at radius 1 is 1.17 bits per heavy atom. The Morgan fingerprint density at radius 2 is 1.97 bits per heavy atom. The fourth-order valence-electron chi connectivity index (χ4n) is 5.44. The van der Waals surface area contributed by atoms with Gasteiger partial charge in [0.1, 0.15) is 17.0 Å². The number of nitrogens with zero attached hydrogens (tertiary/aromatic N) is 4. The zero-order chi connectivity index (χ0) is 24.8. The van der Waals surface area contributed by atoms with Gasteiger partial charge in [0.15, 0.2) is 0 Å². The van der Waals surface area contributed by atoms with Gasteiger partial charge in [0, 0.05) is 49.1 Å². The topological polar surface area (TPSA) is 61.4 Å². The lowest BCUT2D eigenvalue weighted by Gasteiger charge is -2.25. The number of halogens is 3. The number of fused-ring (bicyclic) bond motifs is 1. The van der Waals surface area contributed by atoms with Crippen LogP contribution in [0, 0.1) is 12.3 Å². The monoisotopic (exact) mass is 503 g/mol. The number of carbonyl (C=O) groups is 1. The molecule has 10 heteroatoms. The van der Waals surface area contributed by atoms with Crippen LogP contribution >= 0.6 is 11.3 Å². The van der Waals surface area contributed by atoms with Crippen molar-refractivity contribution in [1.29, 1.82) is 0 Å². The number of carbonyl (C=O) groups excluding carboxylic acids is 1. The number of thiophene rings is 1. The predicted molar refractivity (Wildman–Crippen MR) is 132 cm³/mol. The molecule has 1 atom stereocenters. The highest BCUT2D eigenvalue weighted by Gasteiger charge is 2.44. The van der Waals surface area contributed by atoms with Crippen molar-refractivity contribution in [1.82, 2.24) is 14.9 Å². The molecule has 186 valence electrons. The van der Waals surface area contributed by atoms with E-state index in [0.29, 0.717) is 4.83 Å². The second kappa shape index (κ2) is 9.05. The van der Waals surface area contributed by atoms with E-state index in [2.05, 4.69) is 38.1 Å². The number of aromatic nitrogens is 2. The van der Waals surface area contributed by atoms with Crippen molar-refractivity contribution in [3.63, 3.8) is 0 Å². The Morgan fingerprint density at radius 3 is 2.71 bits per heavy atom. The van der Waals surface area contributed by atoms with Crippen LogP contribution in [0.5, 0.6) is 0 Å². The first kappa shape index (κ1) is 24.0. The van der Waals surface area contributed by atoms with Gasteiger partial charge in [-0.3, -0.25) is 9.69 Å². The molecular weight excluding hydrogens is 475 g/mol. The van der Waals surface area contributed by atoms with Gasteiger partial charge in [0.2, 0.25) is 5.91 Å². The molecule has 0 radical (unpaired) electrons. The van der Waals surface area contributed by atoms with Gasteiger partial charge in [-0.2, -0.15) is 13.2 Å². The first-order chi connectivity index (χ1) is 16.6. The quantitative estimate of drug-likeness (QED) is 0.521. The minimum absolute atomic E-state index is 0.0792. The van der Waals surface area contributed by atoms with Crippen molar-refractivity contribution in [2.75, 3.05) is 36.4 Å². The summed E-state index contributed by atoms with van der Waals surface area (Å²) in [6.45, 7) is 8.11. The van der Waals surface area contributed by atoms with Crippen molar-refractivity contribution >= 4 is 39.0 Å². The summed E-state index contributed by atoms with van der Waals surface area (Å²) in [4.78, 5) is 25.6. The van der Waals surface area contributed by atoms with Crippen LogP contribution in [0.2, 0.25) is 0 Å². The minimum Gasteiger partial charge on any atom is -0.355 e. The zero-order valence-electron chi connectivity index (χ0n) is 19.8. The van der Waals surface area contributed by atoms with Crippen molar-refractivity contribution in [2.45, 2.75) is 45.8 Å². The summed E-state index contributed by atoms with van der Waals surface area (Å²) >= 11 is 1.10. The Labute approximate surface area is 206 Å². The smallest absolute Gasteiger partial charge is 0.355 e. The SMILES string of the molecule is CC(=O)Nc1ccc(CN2CCC3(CCN(c4ncnc5sc(CC(F)(F)F)cc45)C3)C2)c(C)c1. The Kier molecular flexibility index (Phi) is 6.21. The molecule has 2 saturated heterocycles. The number of rotatable bonds is 5. The summed E-state index contributed by atoms with van der Waals surface area (Å²) in [6, 6.07) is 7.65. The maximum Gasteiger partial charge on any atom is 0.393 e. The van der Waals surface area contributed by atoms with Crippen LogP contribution in [0.4, 0.5) is 24.7 Å². The van der Waals surface area contributed by atoms with Gasteiger partial charge in [-0.25, -0.2) is 9.97 Å². The maximum absolute atomic E-state index is 12.9. The third-order valence-electron chi connectivity index (χ3n) is 7.05. The molecule has 0 aliphatic carbocycles. The second-order valence-electron chi connectivity index (χ2n) is 9.88. The van der Waals surface area contributed by atoms with Crippen molar-refractivity contribution < 1.29 is 18.0 Å². The summed E-state index contributed by atoms with van der Waals surface area (Å²) in [5.74, 6) is 0.670. The van der Waals surface area contributed by atoms with Crippen LogP contribution in [0.3, 0.4) is 0 Å². The number of anilines is 2. The number of amides is 1. The number of benzene rings is 1. The second-order valence-corrected chi connectivity index (χ2v) is 11.0. The van der Waals surface area contributed by atoms with E-state index in [1.165, 1.54) is 18.8 Å². The number of nitrogens with one attached hydrogen (secondary N) is 1. The van der Waals surface area contributed by atoms with E-state index in [0.717, 1.165) is 79.4 Å². The van der Waals surface area contributed by atoms with Crippen LogP contribution in [0.25, 0.3) is 10.2 Å². The Balaban J connectivity index is 1.27. The van der Waals surface area contributed by atoms with Crippen molar-refractivity contribution in [2.24, 2.45) is 5.41 Å². The number of hydrogen-bond acceptors (Lipinski definition) is 6. The van der Waals surface area contributed by atoms with E-state index in [1.807, 2.05) is 12.1 Å².